The molecule has 0 saturated carbocycles. The third-order valence-electron chi connectivity index (χ3n) is 0.592. The molecule has 0 aliphatic heterocycles. The number of terminal acetylenes is 1. The van der Waals surface area contributed by atoms with E-state index in [1.807, 2.05) is 0 Å². The number of rotatable bonds is 3. The normalized spacial score (nSPS) is 11.6. The van der Waals surface area contributed by atoms with Crippen molar-refractivity contribution in [2.75, 3.05) is 12.9 Å². The summed E-state index contributed by atoms with van der Waals surface area (Å²) in [6, 6.07) is 0. The lowest BCUT2D eigenvalue weighted by atomic mass is 10.5. The van der Waals surface area contributed by atoms with E-state index in [1.165, 1.54) is 12.2 Å². The lowest BCUT2D eigenvalue weighted by Gasteiger charge is -1.92. The van der Waals surface area contributed by atoms with Crippen molar-refractivity contribution < 1.29 is 12.6 Å². The molecule has 10 heavy (non-hydrogen) atoms. The van der Waals surface area contributed by atoms with Crippen molar-refractivity contribution in [1.29, 1.82) is 0 Å². The Kier molecular flexibility index (Phi) is 3.77. The first kappa shape index (κ1) is 9.21. The second-order valence-corrected chi connectivity index (χ2v) is 3.20. The van der Waals surface area contributed by atoms with E-state index in [9.17, 15) is 8.42 Å². The first-order valence-electron chi connectivity index (χ1n) is 2.52. The molecule has 0 aromatic rings. The van der Waals surface area contributed by atoms with Crippen LogP contribution in [0.3, 0.4) is 0 Å². The van der Waals surface area contributed by atoms with Gasteiger partial charge in [-0.05, 0) is 12.2 Å². The second-order valence-electron chi connectivity index (χ2n) is 1.56. The molecule has 0 rings (SSSR count). The van der Waals surface area contributed by atoms with Crippen LogP contribution in [0.5, 0.6) is 0 Å². The maximum absolute atomic E-state index is 10.3. The van der Waals surface area contributed by atoms with Gasteiger partial charge in [0.05, 0.1) is 12.9 Å². The van der Waals surface area contributed by atoms with Crippen molar-refractivity contribution in [1.82, 2.24) is 0 Å². The van der Waals surface area contributed by atoms with Crippen LogP contribution in [0.15, 0.2) is 12.2 Å². The Morgan fingerprint density at radius 2 is 2.30 bits per heavy atom. The van der Waals surface area contributed by atoms with E-state index in [0.29, 0.717) is 0 Å². The van der Waals surface area contributed by atoms with Gasteiger partial charge in [-0.25, -0.2) is 0 Å². The van der Waals surface area contributed by atoms with Crippen LogP contribution in [-0.4, -0.2) is 21.3 Å². The summed E-state index contributed by atoms with van der Waals surface area (Å²) in [5.74, 6) is 2.20. The summed E-state index contributed by atoms with van der Waals surface area (Å²) in [6.07, 6.45) is 8.65. The zero-order valence-corrected chi connectivity index (χ0v) is 6.39. The Morgan fingerprint density at radius 1 is 1.70 bits per heavy atom. The van der Waals surface area contributed by atoms with E-state index in [-0.39, 0.29) is 6.61 Å². The SMILES string of the molecule is C#C/C=C/COS(C)(=O)=O. The lowest BCUT2D eigenvalue weighted by molar-refractivity contribution is 0.361. The maximum atomic E-state index is 10.3. The summed E-state index contributed by atoms with van der Waals surface area (Å²) < 4.78 is 24.9. The third-order valence-corrected chi connectivity index (χ3v) is 1.16. The summed E-state index contributed by atoms with van der Waals surface area (Å²) in [5.41, 5.74) is 0. The monoisotopic (exact) mass is 160 g/mol. The Labute approximate surface area is 60.8 Å². The molecule has 0 aromatic carbocycles. The van der Waals surface area contributed by atoms with Gasteiger partial charge in [-0.15, -0.1) is 6.42 Å². The van der Waals surface area contributed by atoms with Gasteiger partial charge in [-0.3, -0.25) is 4.18 Å². The minimum atomic E-state index is -3.32. The first-order valence-corrected chi connectivity index (χ1v) is 4.33. The molecule has 0 spiro atoms. The van der Waals surface area contributed by atoms with Crippen molar-refractivity contribution in [3.63, 3.8) is 0 Å². The second kappa shape index (κ2) is 4.09. The third kappa shape index (κ3) is 7.21. The topological polar surface area (TPSA) is 43.4 Å². The summed E-state index contributed by atoms with van der Waals surface area (Å²) >= 11 is 0. The fraction of sp³-hybridized carbons (Fsp3) is 0.333. The van der Waals surface area contributed by atoms with Crippen molar-refractivity contribution in [2.24, 2.45) is 0 Å². The summed E-state index contributed by atoms with van der Waals surface area (Å²) in [6.45, 7) is 0.00301. The molecule has 56 valence electrons. The average molecular weight is 160 g/mol. The van der Waals surface area contributed by atoms with E-state index in [1.54, 1.807) is 0 Å². The fourth-order valence-corrected chi connectivity index (χ4v) is 0.605. The van der Waals surface area contributed by atoms with Crippen LogP contribution in [-0.2, 0) is 14.3 Å². The maximum Gasteiger partial charge on any atom is 0.264 e. The van der Waals surface area contributed by atoms with Crippen molar-refractivity contribution >= 4 is 10.1 Å². The number of allylic oxidation sites excluding steroid dienone is 1. The van der Waals surface area contributed by atoms with Crippen LogP contribution in [0.25, 0.3) is 0 Å². The van der Waals surface area contributed by atoms with Crippen LogP contribution >= 0.6 is 0 Å². The molecule has 0 amide bonds. The molecule has 4 heteroatoms. The molecule has 0 bridgehead atoms. The molecule has 0 N–H and O–H groups in total. The zero-order valence-electron chi connectivity index (χ0n) is 5.57. The van der Waals surface area contributed by atoms with Gasteiger partial charge in [0.2, 0.25) is 0 Å². The molecule has 0 atom stereocenters. The van der Waals surface area contributed by atoms with Crippen LogP contribution in [0, 0.1) is 12.3 Å². The molecule has 0 unspecified atom stereocenters. The quantitative estimate of drug-likeness (QED) is 0.436. The van der Waals surface area contributed by atoms with Crippen molar-refractivity contribution in [3.05, 3.63) is 12.2 Å². The molecule has 3 nitrogen and oxygen atoms in total. The largest absolute Gasteiger partial charge is 0.266 e. The molecule has 0 fully saturated rings. The average Bonchev–Trinajstić information content (AvgIpc) is 1.78. The van der Waals surface area contributed by atoms with Crippen LogP contribution in [0.2, 0.25) is 0 Å². The molecular formula is C6H8O3S. The summed E-state index contributed by atoms with van der Waals surface area (Å²) in [4.78, 5) is 0. The minimum Gasteiger partial charge on any atom is -0.266 e. The van der Waals surface area contributed by atoms with Crippen molar-refractivity contribution in [3.8, 4) is 12.3 Å². The standard InChI is InChI=1S/C6H8O3S/c1-3-4-5-6-9-10(2,7)8/h1,4-5H,6H2,2H3/b5-4+. The predicted octanol–water partition coefficient (Wildman–Crippen LogP) is 0.152. The Bertz CT molecular complexity index is 243. The van der Waals surface area contributed by atoms with Gasteiger partial charge in [-0.1, -0.05) is 5.92 Å². The number of hydrogen-bond donors (Lipinski definition) is 0. The van der Waals surface area contributed by atoms with E-state index >= 15 is 0 Å². The number of hydrogen-bond acceptors (Lipinski definition) is 3. The Morgan fingerprint density at radius 3 is 2.70 bits per heavy atom. The van der Waals surface area contributed by atoms with Gasteiger partial charge in [0, 0.05) is 0 Å². The van der Waals surface area contributed by atoms with Crippen LogP contribution in [0.1, 0.15) is 0 Å². The summed E-state index contributed by atoms with van der Waals surface area (Å²) in [7, 11) is -3.32. The zero-order chi connectivity index (χ0) is 8.04. The molecule has 0 saturated heterocycles. The Hall–Kier alpha value is -0.790. The van der Waals surface area contributed by atoms with E-state index in [4.69, 9.17) is 6.42 Å². The highest BCUT2D eigenvalue weighted by molar-refractivity contribution is 7.85. The highest BCUT2D eigenvalue weighted by Crippen LogP contribution is 1.85. The first-order chi connectivity index (χ1) is 4.56. The van der Waals surface area contributed by atoms with Gasteiger partial charge in [0.25, 0.3) is 10.1 Å². The smallest absolute Gasteiger partial charge is 0.264 e. The molecule has 0 aromatic heterocycles. The summed E-state index contributed by atoms with van der Waals surface area (Å²) in [5, 5.41) is 0. The van der Waals surface area contributed by atoms with E-state index in [0.717, 1.165) is 6.26 Å². The van der Waals surface area contributed by atoms with Gasteiger partial charge in [0.15, 0.2) is 0 Å². The van der Waals surface area contributed by atoms with Crippen LogP contribution < -0.4 is 0 Å². The van der Waals surface area contributed by atoms with E-state index in [2.05, 4.69) is 10.1 Å². The molecule has 0 aliphatic rings. The molecule has 0 radical (unpaired) electrons. The highest BCUT2D eigenvalue weighted by atomic mass is 32.2. The Balaban J connectivity index is 3.61. The lowest BCUT2D eigenvalue weighted by Crippen LogP contribution is -2.01. The van der Waals surface area contributed by atoms with E-state index < -0.39 is 10.1 Å². The van der Waals surface area contributed by atoms with Crippen LogP contribution in [0.4, 0.5) is 0 Å². The van der Waals surface area contributed by atoms with Gasteiger partial charge in [-0.2, -0.15) is 8.42 Å². The predicted molar refractivity (Wildman–Crippen MR) is 38.8 cm³/mol. The van der Waals surface area contributed by atoms with Gasteiger partial charge >= 0.3 is 0 Å². The molecule has 0 aliphatic carbocycles. The fourth-order valence-electron chi connectivity index (χ4n) is 0.279. The van der Waals surface area contributed by atoms with Gasteiger partial charge < -0.3 is 0 Å². The highest BCUT2D eigenvalue weighted by Gasteiger charge is 1.96. The van der Waals surface area contributed by atoms with Gasteiger partial charge in [0.1, 0.15) is 0 Å². The molecule has 0 heterocycles. The molecular weight excluding hydrogens is 152 g/mol. The minimum absolute atomic E-state index is 0.00301. The van der Waals surface area contributed by atoms with Crippen molar-refractivity contribution in [2.45, 2.75) is 0 Å².